The molecule has 4 nitrogen and oxygen atoms in total. The van der Waals surface area contributed by atoms with Crippen LogP contribution < -0.4 is 5.73 Å². The van der Waals surface area contributed by atoms with Gasteiger partial charge in [-0.1, -0.05) is 0 Å². The standard InChI is InChI=1S/C15H20N2O2S/c1-4-17(10(2)9-19-3)15(18)14-8-11-7-12(16)5-6-13(11)20-14/h5-8,10H,4,9,16H2,1-3H3. The number of amides is 1. The molecule has 1 amide bonds. The van der Waals surface area contributed by atoms with E-state index in [9.17, 15) is 4.79 Å². The molecule has 1 unspecified atom stereocenters. The van der Waals surface area contributed by atoms with E-state index >= 15 is 0 Å². The van der Waals surface area contributed by atoms with Crippen molar-refractivity contribution < 1.29 is 9.53 Å². The molecule has 0 saturated carbocycles. The maximum atomic E-state index is 12.6. The van der Waals surface area contributed by atoms with Crippen LogP contribution in [0.25, 0.3) is 10.1 Å². The normalized spacial score (nSPS) is 12.6. The summed E-state index contributed by atoms with van der Waals surface area (Å²) in [5, 5.41) is 1.02. The van der Waals surface area contributed by atoms with Gasteiger partial charge >= 0.3 is 0 Å². The number of hydrogen-bond donors (Lipinski definition) is 1. The number of fused-ring (bicyclic) bond motifs is 1. The summed E-state index contributed by atoms with van der Waals surface area (Å²) in [5.74, 6) is 0.0526. The lowest BCUT2D eigenvalue weighted by Crippen LogP contribution is -2.40. The molecule has 2 aromatic rings. The van der Waals surface area contributed by atoms with Gasteiger partial charge in [0, 0.05) is 24.0 Å². The van der Waals surface area contributed by atoms with Gasteiger partial charge in [0.25, 0.3) is 5.91 Å². The minimum Gasteiger partial charge on any atom is -0.399 e. The first kappa shape index (κ1) is 14.8. The highest BCUT2D eigenvalue weighted by Crippen LogP contribution is 2.28. The van der Waals surface area contributed by atoms with Gasteiger partial charge in [-0.15, -0.1) is 11.3 Å². The summed E-state index contributed by atoms with van der Waals surface area (Å²) >= 11 is 1.51. The van der Waals surface area contributed by atoms with Gasteiger partial charge < -0.3 is 15.4 Å². The Labute approximate surface area is 123 Å². The fourth-order valence-electron chi connectivity index (χ4n) is 2.30. The lowest BCUT2D eigenvalue weighted by Gasteiger charge is -2.27. The Morgan fingerprint density at radius 1 is 1.45 bits per heavy atom. The molecule has 1 atom stereocenters. The fourth-order valence-corrected chi connectivity index (χ4v) is 3.29. The first-order valence-corrected chi connectivity index (χ1v) is 7.47. The average Bonchev–Trinajstić information content (AvgIpc) is 2.82. The van der Waals surface area contributed by atoms with Crippen LogP contribution in [0, 0.1) is 0 Å². The van der Waals surface area contributed by atoms with Gasteiger partial charge in [-0.25, -0.2) is 0 Å². The second kappa shape index (κ2) is 6.24. The molecule has 0 aliphatic carbocycles. The molecule has 1 heterocycles. The minimum atomic E-state index is 0.0526. The Hall–Kier alpha value is -1.59. The summed E-state index contributed by atoms with van der Waals surface area (Å²) in [6, 6.07) is 7.70. The van der Waals surface area contributed by atoms with Crippen molar-refractivity contribution in [1.82, 2.24) is 4.90 Å². The van der Waals surface area contributed by atoms with E-state index in [0.717, 1.165) is 20.7 Å². The van der Waals surface area contributed by atoms with E-state index in [0.29, 0.717) is 13.2 Å². The predicted molar refractivity (Wildman–Crippen MR) is 84.3 cm³/mol. The molecular formula is C15H20N2O2S. The highest BCUT2D eigenvalue weighted by Gasteiger charge is 2.21. The number of nitrogens with two attached hydrogens (primary N) is 1. The number of hydrogen-bond acceptors (Lipinski definition) is 4. The van der Waals surface area contributed by atoms with Crippen LogP contribution in [0.4, 0.5) is 5.69 Å². The Bertz CT molecular complexity index is 609. The molecule has 1 aromatic carbocycles. The van der Waals surface area contributed by atoms with Crippen molar-refractivity contribution >= 4 is 33.0 Å². The molecule has 0 bridgehead atoms. The number of methoxy groups -OCH3 is 1. The molecule has 2 N–H and O–H groups in total. The summed E-state index contributed by atoms with van der Waals surface area (Å²) in [4.78, 5) is 15.2. The van der Waals surface area contributed by atoms with Crippen LogP contribution in [-0.4, -0.2) is 37.1 Å². The molecule has 0 radical (unpaired) electrons. The van der Waals surface area contributed by atoms with Gasteiger partial charge in [0.15, 0.2) is 0 Å². The molecule has 0 fully saturated rings. The van der Waals surface area contributed by atoms with Gasteiger partial charge in [-0.2, -0.15) is 0 Å². The van der Waals surface area contributed by atoms with E-state index in [-0.39, 0.29) is 11.9 Å². The number of ether oxygens (including phenoxy) is 1. The van der Waals surface area contributed by atoms with Gasteiger partial charge in [0.1, 0.15) is 0 Å². The molecule has 0 spiro atoms. The molecule has 20 heavy (non-hydrogen) atoms. The number of carbonyl (C=O) groups excluding carboxylic acids is 1. The largest absolute Gasteiger partial charge is 0.399 e. The van der Waals surface area contributed by atoms with Gasteiger partial charge in [0.05, 0.1) is 17.5 Å². The monoisotopic (exact) mass is 292 g/mol. The number of anilines is 1. The summed E-state index contributed by atoms with van der Waals surface area (Å²) in [6.07, 6.45) is 0. The summed E-state index contributed by atoms with van der Waals surface area (Å²) in [6.45, 7) is 5.18. The van der Waals surface area contributed by atoms with E-state index in [1.807, 2.05) is 43.0 Å². The summed E-state index contributed by atoms with van der Waals surface area (Å²) in [5.41, 5.74) is 6.49. The maximum absolute atomic E-state index is 12.6. The van der Waals surface area contributed by atoms with Crippen LogP contribution in [0.15, 0.2) is 24.3 Å². The van der Waals surface area contributed by atoms with Gasteiger partial charge in [0.2, 0.25) is 0 Å². The van der Waals surface area contributed by atoms with Crippen LogP contribution in [0.3, 0.4) is 0 Å². The number of likely N-dealkylation sites (N-methyl/N-ethyl adjacent to an activating group) is 1. The van der Waals surface area contributed by atoms with Gasteiger partial charge in [-0.05, 0) is 43.5 Å². The van der Waals surface area contributed by atoms with Crippen molar-refractivity contribution in [2.75, 3.05) is 26.0 Å². The zero-order valence-corrected chi connectivity index (χ0v) is 12.9. The van der Waals surface area contributed by atoms with Crippen molar-refractivity contribution in [2.24, 2.45) is 0 Å². The first-order valence-electron chi connectivity index (χ1n) is 6.65. The lowest BCUT2D eigenvalue weighted by molar-refractivity contribution is 0.0584. The Morgan fingerprint density at radius 2 is 2.20 bits per heavy atom. The van der Waals surface area contributed by atoms with Crippen LogP contribution >= 0.6 is 11.3 Å². The second-order valence-corrected chi connectivity index (χ2v) is 5.89. The van der Waals surface area contributed by atoms with E-state index in [1.54, 1.807) is 7.11 Å². The van der Waals surface area contributed by atoms with Crippen LogP contribution in [0.1, 0.15) is 23.5 Å². The fraction of sp³-hybridized carbons (Fsp3) is 0.400. The third kappa shape index (κ3) is 2.94. The molecule has 0 aliphatic heterocycles. The van der Waals surface area contributed by atoms with E-state index < -0.39 is 0 Å². The highest BCUT2D eigenvalue weighted by molar-refractivity contribution is 7.20. The minimum absolute atomic E-state index is 0.0526. The average molecular weight is 292 g/mol. The number of thiophene rings is 1. The predicted octanol–water partition coefficient (Wildman–Crippen LogP) is 2.98. The third-order valence-electron chi connectivity index (χ3n) is 3.29. The van der Waals surface area contributed by atoms with Crippen LogP contribution in [-0.2, 0) is 4.74 Å². The molecule has 0 saturated heterocycles. The third-order valence-corrected chi connectivity index (χ3v) is 4.40. The van der Waals surface area contributed by atoms with E-state index in [2.05, 4.69) is 0 Å². The SMILES string of the molecule is CCN(C(=O)c1cc2cc(N)ccc2s1)C(C)COC. The van der Waals surface area contributed by atoms with Crippen molar-refractivity contribution in [1.29, 1.82) is 0 Å². The van der Waals surface area contributed by atoms with Crippen molar-refractivity contribution in [3.8, 4) is 0 Å². The molecular weight excluding hydrogens is 272 g/mol. The molecule has 0 aliphatic rings. The molecule has 5 heteroatoms. The number of rotatable bonds is 5. The smallest absolute Gasteiger partial charge is 0.264 e. The summed E-state index contributed by atoms with van der Waals surface area (Å²) < 4.78 is 6.22. The highest BCUT2D eigenvalue weighted by atomic mass is 32.1. The second-order valence-electron chi connectivity index (χ2n) is 4.80. The van der Waals surface area contributed by atoms with Crippen LogP contribution in [0.2, 0.25) is 0 Å². The van der Waals surface area contributed by atoms with Crippen molar-refractivity contribution in [3.63, 3.8) is 0 Å². The Kier molecular flexibility index (Phi) is 4.62. The number of nitrogen functional groups attached to an aromatic ring is 1. The molecule has 108 valence electrons. The van der Waals surface area contributed by atoms with Crippen molar-refractivity contribution in [2.45, 2.75) is 19.9 Å². The Morgan fingerprint density at radius 3 is 2.85 bits per heavy atom. The maximum Gasteiger partial charge on any atom is 0.264 e. The quantitative estimate of drug-likeness (QED) is 0.862. The number of nitrogens with zero attached hydrogens (tertiary/aromatic N) is 1. The Balaban J connectivity index is 2.29. The van der Waals surface area contributed by atoms with E-state index in [4.69, 9.17) is 10.5 Å². The number of benzene rings is 1. The zero-order chi connectivity index (χ0) is 14.7. The lowest BCUT2D eigenvalue weighted by atomic mass is 10.2. The molecule has 1 aromatic heterocycles. The zero-order valence-electron chi connectivity index (χ0n) is 12.1. The summed E-state index contributed by atoms with van der Waals surface area (Å²) in [7, 11) is 1.65. The first-order chi connectivity index (χ1) is 9.56. The molecule has 2 rings (SSSR count). The van der Waals surface area contributed by atoms with Crippen molar-refractivity contribution in [3.05, 3.63) is 29.1 Å². The topological polar surface area (TPSA) is 55.6 Å². The number of carbonyl (C=O) groups is 1. The van der Waals surface area contributed by atoms with E-state index in [1.165, 1.54) is 11.3 Å². The van der Waals surface area contributed by atoms with Gasteiger partial charge in [-0.3, -0.25) is 4.79 Å². The van der Waals surface area contributed by atoms with Crippen LogP contribution in [0.5, 0.6) is 0 Å².